The zero-order valence-corrected chi connectivity index (χ0v) is 10.8. The second-order valence-corrected chi connectivity index (χ2v) is 4.07. The second-order valence-electron chi connectivity index (χ2n) is 4.07. The molecule has 0 spiro atoms. The topological polar surface area (TPSA) is 55.8 Å². The minimum atomic E-state index is -0.997. The lowest BCUT2D eigenvalue weighted by molar-refractivity contribution is 0.0697. The molecule has 2 rings (SSSR count). The van der Waals surface area contributed by atoms with E-state index in [9.17, 15) is 9.18 Å². The van der Waals surface area contributed by atoms with E-state index in [1.807, 2.05) is 0 Å². The van der Waals surface area contributed by atoms with Crippen LogP contribution in [-0.2, 0) is 6.61 Å². The molecule has 2 aromatic rings. The number of hydrogen-bond acceptors (Lipinski definition) is 3. The summed E-state index contributed by atoms with van der Waals surface area (Å²) in [6.07, 6.45) is 0. The maximum atomic E-state index is 13.2. The zero-order chi connectivity index (χ0) is 14.5. The van der Waals surface area contributed by atoms with Crippen LogP contribution in [0.5, 0.6) is 11.5 Å². The molecule has 0 radical (unpaired) electrons. The minimum Gasteiger partial charge on any atom is -0.496 e. The third-order valence-corrected chi connectivity index (χ3v) is 2.74. The van der Waals surface area contributed by atoms with Gasteiger partial charge in [-0.1, -0.05) is 0 Å². The van der Waals surface area contributed by atoms with Crippen LogP contribution in [-0.4, -0.2) is 18.2 Å². The van der Waals surface area contributed by atoms with Crippen LogP contribution < -0.4 is 9.47 Å². The summed E-state index contributed by atoms with van der Waals surface area (Å²) >= 11 is 0. The molecule has 104 valence electrons. The molecule has 0 fully saturated rings. The van der Waals surface area contributed by atoms with Crippen molar-refractivity contribution in [3.05, 3.63) is 59.4 Å². The summed E-state index contributed by atoms with van der Waals surface area (Å²) in [5, 5.41) is 8.78. The summed E-state index contributed by atoms with van der Waals surface area (Å²) in [5.74, 6) is -0.330. The van der Waals surface area contributed by atoms with E-state index >= 15 is 0 Å². The highest BCUT2D eigenvalue weighted by Crippen LogP contribution is 2.22. The van der Waals surface area contributed by atoms with E-state index < -0.39 is 5.97 Å². The number of carboxylic acids is 1. The van der Waals surface area contributed by atoms with Crippen molar-refractivity contribution in [1.82, 2.24) is 0 Å². The standard InChI is InChI=1S/C15H13FO4/c1-19-14-7-4-12(16)8-11(14)9-20-13-5-2-10(3-6-13)15(17)18/h2-8H,9H2,1H3,(H,17,18). The fraction of sp³-hybridized carbons (Fsp3) is 0.133. The van der Waals surface area contributed by atoms with Gasteiger partial charge in [0.2, 0.25) is 0 Å². The number of hydrogen-bond donors (Lipinski definition) is 1. The van der Waals surface area contributed by atoms with Gasteiger partial charge in [-0.3, -0.25) is 0 Å². The van der Waals surface area contributed by atoms with Crippen molar-refractivity contribution >= 4 is 5.97 Å². The van der Waals surface area contributed by atoms with Gasteiger partial charge in [0, 0.05) is 5.56 Å². The van der Waals surface area contributed by atoms with Crippen molar-refractivity contribution in [2.75, 3.05) is 7.11 Å². The Kier molecular flexibility index (Phi) is 4.20. The van der Waals surface area contributed by atoms with Crippen molar-refractivity contribution in [2.45, 2.75) is 6.61 Å². The molecule has 0 aromatic heterocycles. The Balaban J connectivity index is 2.08. The SMILES string of the molecule is COc1ccc(F)cc1COc1ccc(C(=O)O)cc1. The van der Waals surface area contributed by atoms with Crippen LogP contribution in [0.2, 0.25) is 0 Å². The molecule has 0 aliphatic rings. The summed E-state index contributed by atoms with van der Waals surface area (Å²) in [5.41, 5.74) is 0.760. The largest absolute Gasteiger partial charge is 0.496 e. The first-order chi connectivity index (χ1) is 9.60. The van der Waals surface area contributed by atoms with Gasteiger partial charge in [0.05, 0.1) is 12.7 Å². The van der Waals surface area contributed by atoms with Crippen molar-refractivity contribution < 1.29 is 23.8 Å². The number of aromatic carboxylic acids is 1. The van der Waals surface area contributed by atoms with Gasteiger partial charge in [-0.05, 0) is 42.5 Å². The third-order valence-electron chi connectivity index (χ3n) is 2.74. The predicted octanol–water partition coefficient (Wildman–Crippen LogP) is 3.11. The number of carboxylic acid groups (broad SMARTS) is 1. The molecule has 0 aliphatic heterocycles. The molecule has 0 amide bonds. The average molecular weight is 276 g/mol. The number of methoxy groups -OCH3 is 1. The molecule has 5 heteroatoms. The van der Waals surface area contributed by atoms with Gasteiger partial charge in [0.1, 0.15) is 23.9 Å². The van der Waals surface area contributed by atoms with Gasteiger partial charge in [-0.15, -0.1) is 0 Å². The van der Waals surface area contributed by atoms with E-state index in [4.69, 9.17) is 14.6 Å². The van der Waals surface area contributed by atoms with Gasteiger partial charge >= 0.3 is 5.97 Å². The van der Waals surface area contributed by atoms with Crippen molar-refractivity contribution in [3.8, 4) is 11.5 Å². The molecule has 0 aliphatic carbocycles. The van der Waals surface area contributed by atoms with E-state index in [2.05, 4.69) is 0 Å². The van der Waals surface area contributed by atoms with Crippen molar-refractivity contribution in [3.63, 3.8) is 0 Å². The van der Waals surface area contributed by atoms with Crippen LogP contribution in [0.4, 0.5) is 4.39 Å². The summed E-state index contributed by atoms with van der Waals surface area (Å²) in [4.78, 5) is 10.7. The summed E-state index contributed by atoms with van der Waals surface area (Å²) in [6, 6.07) is 10.2. The van der Waals surface area contributed by atoms with Crippen LogP contribution in [0.15, 0.2) is 42.5 Å². The summed E-state index contributed by atoms with van der Waals surface area (Å²) in [7, 11) is 1.50. The van der Waals surface area contributed by atoms with Crippen LogP contribution in [0.25, 0.3) is 0 Å². The first-order valence-corrected chi connectivity index (χ1v) is 5.88. The Bertz CT molecular complexity index is 608. The number of carbonyl (C=O) groups is 1. The molecule has 0 bridgehead atoms. The van der Waals surface area contributed by atoms with Crippen LogP contribution in [0.3, 0.4) is 0 Å². The maximum absolute atomic E-state index is 13.2. The molecule has 20 heavy (non-hydrogen) atoms. The van der Waals surface area contributed by atoms with Crippen LogP contribution >= 0.6 is 0 Å². The highest BCUT2D eigenvalue weighted by atomic mass is 19.1. The fourth-order valence-electron chi connectivity index (χ4n) is 1.71. The Morgan fingerprint density at radius 1 is 1.20 bits per heavy atom. The minimum absolute atomic E-state index is 0.132. The molecular formula is C15H13FO4. The maximum Gasteiger partial charge on any atom is 0.335 e. The molecule has 0 atom stereocenters. The highest BCUT2D eigenvalue weighted by Gasteiger charge is 2.06. The van der Waals surface area contributed by atoms with E-state index in [0.29, 0.717) is 17.1 Å². The fourth-order valence-corrected chi connectivity index (χ4v) is 1.71. The molecule has 0 saturated heterocycles. The molecule has 0 unspecified atom stereocenters. The monoisotopic (exact) mass is 276 g/mol. The normalized spacial score (nSPS) is 10.1. The highest BCUT2D eigenvalue weighted by molar-refractivity contribution is 5.87. The first kappa shape index (κ1) is 13.9. The smallest absolute Gasteiger partial charge is 0.335 e. The van der Waals surface area contributed by atoms with Gasteiger partial charge in [-0.25, -0.2) is 9.18 Å². The molecular weight excluding hydrogens is 263 g/mol. The van der Waals surface area contributed by atoms with Crippen molar-refractivity contribution in [1.29, 1.82) is 0 Å². The quantitative estimate of drug-likeness (QED) is 0.911. The number of ether oxygens (including phenoxy) is 2. The van der Waals surface area contributed by atoms with E-state index in [0.717, 1.165) is 0 Å². The Morgan fingerprint density at radius 2 is 1.90 bits per heavy atom. The molecule has 0 saturated carbocycles. The predicted molar refractivity (Wildman–Crippen MR) is 70.7 cm³/mol. The number of rotatable bonds is 5. The number of halogens is 1. The Morgan fingerprint density at radius 3 is 2.50 bits per heavy atom. The van der Waals surface area contributed by atoms with Crippen LogP contribution in [0, 0.1) is 5.82 Å². The van der Waals surface area contributed by atoms with Gasteiger partial charge in [-0.2, -0.15) is 0 Å². The van der Waals surface area contributed by atoms with E-state index in [1.165, 1.54) is 37.4 Å². The molecule has 4 nitrogen and oxygen atoms in total. The molecule has 0 heterocycles. The lowest BCUT2D eigenvalue weighted by Gasteiger charge is -2.10. The molecule has 1 N–H and O–H groups in total. The lowest BCUT2D eigenvalue weighted by atomic mass is 10.2. The van der Waals surface area contributed by atoms with Crippen molar-refractivity contribution in [2.24, 2.45) is 0 Å². The van der Waals surface area contributed by atoms with Crippen LogP contribution in [0.1, 0.15) is 15.9 Å². The lowest BCUT2D eigenvalue weighted by Crippen LogP contribution is -2.00. The first-order valence-electron chi connectivity index (χ1n) is 5.88. The summed E-state index contributed by atoms with van der Waals surface area (Å²) in [6.45, 7) is 0.132. The van der Waals surface area contributed by atoms with E-state index in [1.54, 1.807) is 12.1 Å². The number of benzene rings is 2. The Labute approximate surface area is 115 Å². The Hall–Kier alpha value is -2.56. The average Bonchev–Trinajstić information content (AvgIpc) is 2.45. The van der Waals surface area contributed by atoms with Gasteiger partial charge in [0.25, 0.3) is 0 Å². The van der Waals surface area contributed by atoms with Gasteiger partial charge in [0.15, 0.2) is 0 Å². The summed E-state index contributed by atoms with van der Waals surface area (Å²) < 4.78 is 23.8. The molecule has 2 aromatic carbocycles. The van der Waals surface area contributed by atoms with E-state index in [-0.39, 0.29) is 18.0 Å². The van der Waals surface area contributed by atoms with Gasteiger partial charge < -0.3 is 14.6 Å². The third kappa shape index (κ3) is 3.26. The zero-order valence-electron chi connectivity index (χ0n) is 10.8. The second kappa shape index (κ2) is 6.06.